The molecule has 0 bridgehead atoms. The molecule has 5 aromatic rings. The maximum Gasteiger partial charge on any atom is 0.494 e. The molecule has 2 aliphatic rings. The Morgan fingerprint density at radius 1 is 0.796 bits per heavy atom. The summed E-state index contributed by atoms with van der Waals surface area (Å²) in [5.41, 5.74) is 5.98. The number of allylic oxidation sites excluding steroid dienone is 4. The van der Waals surface area contributed by atoms with Crippen LogP contribution in [0, 0.1) is 0 Å². The number of fused-ring (bicyclic) bond motifs is 4. The molecule has 0 atom stereocenters. The number of para-hydroxylation sites is 1. The lowest BCUT2D eigenvalue weighted by atomic mass is 9.76. The van der Waals surface area contributed by atoms with Crippen molar-refractivity contribution in [3.63, 3.8) is 0 Å². The Labute approximate surface area is 287 Å². The molecule has 8 heteroatoms. The van der Waals surface area contributed by atoms with E-state index in [0.717, 1.165) is 55.2 Å². The molecule has 0 aliphatic carbocycles. The molecule has 7 rings (SSSR count). The molecular formula is C41H38BN3O4. The molecule has 49 heavy (non-hydrogen) atoms. The van der Waals surface area contributed by atoms with Crippen LogP contribution in [0.25, 0.3) is 27.5 Å². The lowest BCUT2D eigenvalue weighted by Crippen LogP contribution is -2.41. The van der Waals surface area contributed by atoms with Gasteiger partial charge in [0.2, 0.25) is 0 Å². The van der Waals surface area contributed by atoms with Crippen LogP contribution in [0.5, 0.6) is 5.75 Å². The minimum absolute atomic E-state index is 0.349. The van der Waals surface area contributed by atoms with Crippen molar-refractivity contribution < 1.29 is 18.5 Å². The van der Waals surface area contributed by atoms with Crippen LogP contribution in [0.2, 0.25) is 0 Å². The van der Waals surface area contributed by atoms with Gasteiger partial charge in [0.1, 0.15) is 23.5 Å². The molecule has 1 fully saturated rings. The molecule has 1 saturated heterocycles. The van der Waals surface area contributed by atoms with E-state index in [0.29, 0.717) is 30.6 Å². The highest BCUT2D eigenvalue weighted by molar-refractivity contribution is 6.56. The van der Waals surface area contributed by atoms with E-state index in [1.165, 1.54) is 0 Å². The van der Waals surface area contributed by atoms with Gasteiger partial charge in [-0.2, -0.15) is 0 Å². The quantitative estimate of drug-likeness (QED) is 0.108. The Kier molecular flexibility index (Phi) is 8.53. The van der Waals surface area contributed by atoms with Gasteiger partial charge in [-0.25, -0.2) is 9.98 Å². The van der Waals surface area contributed by atoms with Crippen molar-refractivity contribution in [1.82, 2.24) is 0 Å². The molecule has 7 nitrogen and oxygen atoms in total. The lowest BCUT2D eigenvalue weighted by Gasteiger charge is -2.32. The first-order valence-electron chi connectivity index (χ1n) is 16.4. The molecule has 0 unspecified atom stereocenters. The Morgan fingerprint density at radius 3 is 2.31 bits per heavy atom. The third-order valence-electron chi connectivity index (χ3n) is 9.34. The predicted molar refractivity (Wildman–Crippen MR) is 201 cm³/mol. The first-order chi connectivity index (χ1) is 23.6. The number of benzene rings is 4. The Morgan fingerprint density at radius 2 is 1.53 bits per heavy atom. The van der Waals surface area contributed by atoms with Crippen LogP contribution in [0.1, 0.15) is 49.9 Å². The molecule has 0 spiro atoms. The number of rotatable bonds is 5. The van der Waals surface area contributed by atoms with Gasteiger partial charge in [-0.1, -0.05) is 79.4 Å². The Bertz CT molecular complexity index is 2190. The van der Waals surface area contributed by atoms with Crippen molar-refractivity contribution in [3.8, 4) is 5.75 Å². The van der Waals surface area contributed by atoms with Crippen molar-refractivity contribution in [2.24, 2.45) is 15.0 Å². The smallest absolute Gasteiger partial charge is 0.489 e. The van der Waals surface area contributed by atoms with Gasteiger partial charge in [-0.3, -0.25) is 4.99 Å². The van der Waals surface area contributed by atoms with Crippen molar-refractivity contribution >= 4 is 53.0 Å². The van der Waals surface area contributed by atoms with Gasteiger partial charge in [-0.05, 0) is 87.4 Å². The highest BCUT2D eigenvalue weighted by Crippen LogP contribution is 2.40. The van der Waals surface area contributed by atoms with Crippen LogP contribution >= 0.6 is 0 Å². The Balaban J connectivity index is 1.20. The zero-order valence-corrected chi connectivity index (χ0v) is 28.3. The van der Waals surface area contributed by atoms with Gasteiger partial charge >= 0.3 is 7.12 Å². The average Bonchev–Trinajstić information content (AvgIpc) is 3.60. The highest BCUT2D eigenvalue weighted by atomic mass is 16.7. The molecule has 2 aliphatic heterocycles. The zero-order valence-electron chi connectivity index (χ0n) is 28.3. The molecule has 3 heterocycles. The second kappa shape index (κ2) is 13.0. The molecule has 4 aromatic carbocycles. The van der Waals surface area contributed by atoms with E-state index in [4.69, 9.17) is 28.4 Å². The van der Waals surface area contributed by atoms with Crippen LogP contribution in [-0.4, -0.2) is 43.3 Å². The zero-order chi connectivity index (χ0) is 34.2. The summed E-state index contributed by atoms with van der Waals surface area (Å²) in [5, 5.41) is 2.14. The van der Waals surface area contributed by atoms with Crippen LogP contribution in [0.3, 0.4) is 0 Å². The summed E-state index contributed by atoms with van der Waals surface area (Å²) in [5.74, 6) is 1.64. The fourth-order valence-corrected chi connectivity index (χ4v) is 5.93. The van der Waals surface area contributed by atoms with E-state index < -0.39 is 18.3 Å². The van der Waals surface area contributed by atoms with Crippen LogP contribution in [-0.2, 0) is 15.9 Å². The van der Waals surface area contributed by atoms with Crippen LogP contribution < -0.4 is 4.74 Å². The van der Waals surface area contributed by atoms with Gasteiger partial charge in [0.25, 0.3) is 0 Å². The monoisotopic (exact) mass is 647 g/mol. The standard InChI is InChI=1S/C41H38BN3O4/c1-27-23-31(42-48-40(2,3)41(4,5)49-42)15-12-22-46-37-25-30(19-20-32(27)37)38(43-6)45-39(29-13-8-7-9-14-29)44-26-28-18-21-36-34(24-28)33-16-10-11-17-35(33)47-36/h7-21,23-25H,1,6,22,26H2,2-5H3/b15-12-,31-23+,44-39-,45-38-. The summed E-state index contributed by atoms with van der Waals surface area (Å²) in [6, 6.07) is 30.0. The summed E-state index contributed by atoms with van der Waals surface area (Å²) in [7, 11) is -0.515. The predicted octanol–water partition coefficient (Wildman–Crippen LogP) is 9.20. The van der Waals surface area contributed by atoms with Gasteiger partial charge in [-0.15, -0.1) is 0 Å². The van der Waals surface area contributed by atoms with Crippen molar-refractivity contribution in [1.29, 1.82) is 0 Å². The lowest BCUT2D eigenvalue weighted by molar-refractivity contribution is 0.00578. The van der Waals surface area contributed by atoms with E-state index in [9.17, 15) is 0 Å². The van der Waals surface area contributed by atoms with Crippen molar-refractivity contribution in [2.45, 2.75) is 45.4 Å². The number of hydrogen-bond acceptors (Lipinski definition) is 5. The first kappa shape index (κ1) is 32.3. The van der Waals surface area contributed by atoms with E-state index in [1.807, 2.05) is 125 Å². The normalized spacial score (nSPS) is 19.4. The SMILES string of the molecule is C=N/C(=N\C(=N/Cc1ccc2oc3ccccc3c2c1)c1ccccc1)c1ccc2c(c1)OC/C=C\C(B1OC(C)(C)C(C)(C)O1)=C/C2=C. The third-order valence-corrected chi connectivity index (χ3v) is 9.34. The number of nitrogens with zero attached hydrogens (tertiary/aromatic N) is 3. The van der Waals surface area contributed by atoms with Gasteiger partial charge in [0.15, 0.2) is 11.7 Å². The minimum Gasteiger partial charge on any atom is -0.489 e. The molecule has 0 amide bonds. The van der Waals surface area contributed by atoms with E-state index in [2.05, 4.69) is 30.4 Å². The topological polar surface area (TPSA) is 77.9 Å². The van der Waals surface area contributed by atoms with E-state index in [1.54, 1.807) is 0 Å². The summed E-state index contributed by atoms with van der Waals surface area (Å²) >= 11 is 0. The number of ether oxygens (including phenoxy) is 1. The third kappa shape index (κ3) is 6.45. The van der Waals surface area contributed by atoms with Gasteiger partial charge < -0.3 is 18.5 Å². The second-order valence-electron chi connectivity index (χ2n) is 13.2. The number of hydrogen-bond donors (Lipinski definition) is 0. The summed E-state index contributed by atoms with van der Waals surface area (Å²) in [6.45, 7) is 17.2. The fourth-order valence-electron chi connectivity index (χ4n) is 5.93. The van der Waals surface area contributed by atoms with Gasteiger partial charge in [0.05, 0.1) is 17.7 Å². The molecule has 0 N–H and O–H groups in total. The molecular weight excluding hydrogens is 609 g/mol. The second-order valence-corrected chi connectivity index (χ2v) is 13.2. The highest BCUT2D eigenvalue weighted by Gasteiger charge is 2.52. The van der Waals surface area contributed by atoms with Crippen LogP contribution in [0.15, 0.2) is 141 Å². The van der Waals surface area contributed by atoms with Crippen LogP contribution in [0.4, 0.5) is 0 Å². The molecule has 244 valence electrons. The van der Waals surface area contributed by atoms with Gasteiger partial charge in [0, 0.05) is 27.5 Å². The first-order valence-corrected chi connectivity index (χ1v) is 16.4. The van der Waals surface area contributed by atoms with Crippen molar-refractivity contribution in [2.75, 3.05) is 6.61 Å². The van der Waals surface area contributed by atoms with Crippen molar-refractivity contribution in [3.05, 3.63) is 144 Å². The average molecular weight is 648 g/mol. The summed E-state index contributed by atoms with van der Waals surface area (Å²) in [6.07, 6.45) is 5.93. The minimum atomic E-state index is -0.515. The number of furan rings is 1. The van der Waals surface area contributed by atoms with E-state index >= 15 is 0 Å². The number of amidine groups is 2. The Hall–Kier alpha value is -5.31. The maximum atomic E-state index is 6.32. The number of aliphatic imine (C=N–C) groups is 3. The summed E-state index contributed by atoms with van der Waals surface area (Å²) < 4.78 is 24.9. The summed E-state index contributed by atoms with van der Waals surface area (Å²) in [4.78, 5) is 14.3. The largest absolute Gasteiger partial charge is 0.494 e. The maximum absolute atomic E-state index is 6.32. The molecule has 1 aromatic heterocycles. The molecule has 0 saturated carbocycles. The molecule has 0 radical (unpaired) electrons. The fraction of sp³-hybridized carbons (Fsp3) is 0.195. The van der Waals surface area contributed by atoms with E-state index in [-0.39, 0.29) is 0 Å².